The van der Waals surface area contributed by atoms with E-state index in [1.54, 1.807) is 25.3 Å². The third-order valence-corrected chi connectivity index (χ3v) is 3.53. The van der Waals surface area contributed by atoms with Crippen LogP contribution < -0.4 is 15.8 Å². The molecule has 1 aromatic rings. The number of ether oxygens (including phenoxy) is 1. The Morgan fingerprint density at radius 1 is 1.50 bits per heavy atom. The minimum atomic E-state index is -0.0311. The third kappa shape index (κ3) is 4.13. The predicted molar refractivity (Wildman–Crippen MR) is 80.9 cm³/mol. The van der Waals surface area contributed by atoms with Crippen LogP contribution in [0.1, 0.15) is 19.8 Å². The van der Waals surface area contributed by atoms with E-state index in [0.717, 1.165) is 19.0 Å². The SMILES string of the molecule is CCN(CC(=O)Nc1cc(N)ccc1OC)CC1CC1. The minimum absolute atomic E-state index is 0.0311. The van der Waals surface area contributed by atoms with Crippen molar-refractivity contribution < 1.29 is 9.53 Å². The van der Waals surface area contributed by atoms with Gasteiger partial charge < -0.3 is 15.8 Å². The molecule has 0 unspecified atom stereocenters. The van der Waals surface area contributed by atoms with Crippen LogP contribution in [0.3, 0.4) is 0 Å². The molecule has 1 aromatic carbocycles. The number of nitrogens with one attached hydrogen (secondary N) is 1. The molecule has 0 saturated heterocycles. The molecular formula is C15H23N3O2. The van der Waals surface area contributed by atoms with Gasteiger partial charge in [-0.2, -0.15) is 0 Å². The predicted octanol–water partition coefficient (Wildman–Crippen LogP) is 1.95. The van der Waals surface area contributed by atoms with E-state index >= 15 is 0 Å². The molecule has 20 heavy (non-hydrogen) atoms. The van der Waals surface area contributed by atoms with E-state index in [2.05, 4.69) is 17.1 Å². The van der Waals surface area contributed by atoms with Gasteiger partial charge in [0.2, 0.25) is 5.91 Å². The maximum absolute atomic E-state index is 12.1. The number of hydrogen-bond acceptors (Lipinski definition) is 4. The number of carbonyl (C=O) groups excluding carboxylic acids is 1. The van der Waals surface area contributed by atoms with Crippen LogP contribution in [0.4, 0.5) is 11.4 Å². The van der Waals surface area contributed by atoms with Gasteiger partial charge in [-0.15, -0.1) is 0 Å². The second-order valence-corrected chi connectivity index (χ2v) is 5.28. The molecule has 5 nitrogen and oxygen atoms in total. The van der Waals surface area contributed by atoms with Crippen LogP contribution in [0.5, 0.6) is 5.75 Å². The van der Waals surface area contributed by atoms with Crippen molar-refractivity contribution in [1.29, 1.82) is 0 Å². The lowest BCUT2D eigenvalue weighted by Gasteiger charge is -2.20. The third-order valence-electron chi connectivity index (χ3n) is 3.53. The molecule has 0 spiro atoms. The van der Waals surface area contributed by atoms with Crippen LogP contribution in [0, 0.1) is 5.92 Å². The summed E-state index contributed by atoms with van der Waals surface area (Å²) in [4.78, 5) is 14.3. The second kappa shape index (κ2) is 6.61. The van der Waals surface area contributed by atoms with Crippen molar-refractivity contribution in [2.75, 3.05) is 37.8 Å². The fourth-order valence-electron chi connectivity index (χ4n) is 2.19. The van der Waals surface area contributed by atoms with E-state index in [1.165, 1.54) is 12.8 Å². The Hall–Kier alpha value is -1.75. The number of hydrogen-bond donors (Lipinski definition) is 2. The summed E-state index contributed by atoms with van der Waals surface area (Å²) in [5.41, 5.74) is 6.97. The maximum atomic E-state index is 12.1. The molecule has 0 radical (unpaired) electrons. The van der Waals surface area contributed by atoms with Crippen molar-refractivity contribution in [3.63, 3.8) is 0 Å². The number of carbonyl (C=O) groups is 1. The number of rotatable bonds is 7. The number of nitrogens with two attached hydrogens (primary N) is 1. The van der Waals surface area contributed by atoms with Gasteiger partial charge in [0.15, 0.2) is 0 Å². The van der Waals surface area contributed by atoms with Crippen LogP contribution in [-0.4, -0.2) is 37.6 Å². The molecule has 2 rings (SSSR count). The van der Waals surface area contributed by atoms with Crippen LogP contribution >= 0.6 is 0 Å². The monoisotopic (exact) mass is 277 g/mol. The van der Waals surface area contributed by atoms with Gasteiger partial charge in [-0.1, -0.05) is 6.92 Å². The smallest absolute Gasteiger partial charge is 0.238 e. The van der Waals surface area contributed by atoms with Crippen molar-refractivity contribution >= 4 is 17.3 Å². The van der Waals surface area contributed by atoms with Crippen LogP contribution in [0.2, 0.25) is 0 Å². The first-order chi connectivity index (χ1) is 9.62. The first-order valence-corrected chi connectivity index (χ1v) is 7.08. The molecule has 0 aliphatic heterocycles. The van der Waals surface area contributed by atoms with E-state index in [4.69, 9.17) is 10.5 Å². The maximum Gasteiger partial charge on any atom is 0.238 e. The Balaban J connectivity index is 1.94. The number of likely N-dealkylation sites (N-methyl/N-ethyl adjacent to an activating group) is 1. The molecular weight excluding hydrogens is 254 g/mol. The molecule has 5 heteroatoms. The molecule has 1 aliphatic carbocycles. The molecule has 1 amide bonds. The zero-order valence-corrected chi connectivity index (χ0v) is 12.2. The van der Waals surface area contributed by atoms with Gasteiger partial charge in [-0.3, -0.25) is 9.69 Å². The summed E-state index contributed by atoms with van der Waals surface area (Å²) in [5.74, 6) is 1.37. The number of methoxy groups -OCH3 is 1. The Morgan fingerprint density at radius 2 is 2.25 bits per heavy atom. The minimum Gasteiger partial charge on any atom is -0.495 e. The van der Waals surface area contributed by atoms with Crippen molar-refractivity contribution in [2.45, 2.75) is 19.8 Å². The van der Waals surface area contributed by atoms with E-state index in [1.807, 2.05) is 0 Å². The molecule has 0 bridgehead atoms. The van der Waals surface area contributed by atoms with Gasteiger partial charge >= 0.3 is 0 Å². The number of nitrogens with zero attached hydrogens (tertiary/aromatic N) is 1. The van der Waals surface area contributed by atoms with E-state index < -0.39 is 0 Å². The summed E-state index contributed by atoms with van der Waals surface area (Å²) in [7, 11) is 1.58. The van der Waals surface area contributed by atoms with E-state index in [0.29, 0.717) is 23.7 Å². The Bertz CT molecular complexity index is 472. The Labute approximate surface area is 120 Å². The van der Waals surface area contributed by atoms with Gasteiger partial charge in [-0.25, -0.2) is 0 Å². The van der Waals surface area contributed by atoms with Gasteiger partial charge in [0, 0.05) is 12.2 Å². The summed E-state index contributed by atoms with van der Waals surface area (Å²) in [6.45, 7) is 4.39. The Kier molecular flexibility index (Phi) is 4.84. The highest BCUT2D eigenvalue weighted by Crippen LogP contribution is 2.30. The molecule has 1 saturated carbocycles. The molecule has 3 N–H and O–H groups in total. The van der Waals surface area contributed by atoms with Crippen molar-refractivity contribution in [1.82, 2.24) is 4.90 Å². The van der Waals surface area contributed by atoms with Crippen LogP contribution in [-0.2, 0) is 4.79 Å². The van der Waals surface area contributed by atoms with Gasteiger partial charge in [-0.05, 0) is 43.5 Å². The number of anilines is 2. The molecule has 1 aliphatic rings. The molecule has 0 atom stereocenters. The number of benzene rings is 1. The molecule has 0 aromatic heterocycles. The van der Waals surface area contributed by atoms with Crippen LogP contribution in [0.25, 0.3) is 0 Å². The largest absolute Gasteiger partial charge is 0.495 e. The zero-order chi connectivity index (χ0) is 14.5. The average Bonchev–Trinajstić information content (AvgIpc) is 3.22. The van der Waals surface area contributed by atoms with Crippen molar-refractivity contribution in [3.05, 3.63) is 18.2 Å². The molecule has 110 valence electrons. The lowest BCUT2D eigenvalue weighted by molar-refractivity contribution is -0.117. The summed E-state index contributed by atoms with van der Waals surface area (Å²) < 4.78 is 5.22. The number of amides is 1. The van der Waals surface area contributed by atoms with Crippen molar-refractivity contribution in [2.24, 2.45) is 5.92 Å². The number of nitrogen functional groups attached to an aromatic ring is 1. The highest BCUT2D eigenvalue weighted by atomic mass is 16.5. The standard InChI is InChI=1S/C15H23N3O2/c1-3-18(9-11-4-5-11)10-15(19)17-13-8-12(16)6-7-14(13)20-2/h6-8,11H,3-5,9-10,16H2,1-2H3,(H,17,19). The second-order valence-electron chi connectivity index (χ2n) is 5.28. The van der Waals surface area contributed by atoms with Gasteiger partial charge in [0.25, 0.3) is 0 Å². The fraction of sp³-hybridized carbons (Fsp3) is 0.533. The summed E-state index contributed by atoms with van der Waals surface area (Å²) in [6.07, 6.45) is 2.59. The topological polar surface area (TPSA) is 67.6 Å². The van der Waals surface area contributed by atoms with Crippen molar-refractivity contribution in [3.8, 4) is 5.75 Å². The van der Waals surface area contributed by atoms with E-state index in [9.17, 15) is 4.79 Å². The highest BCUT2D eigenvalue weighted by Gasteiger charge is 2.24. The highest BCUT2D eigenvalue weighted by molar-refractivity contribution is 5.94. The lowest BCUT2D eigenvalue weighted by Crippen LogP contribution is -2.34. The quantitative estimate of drug-likeness (QED) is 0.748. The summed E-state index contributed by atoms with van der Waals surface area (Å²) in [6, 6.07) is 5.22. The molecule has 1 fully saturated rings. The van der Waals surface area contributed by atoms with E-state index in [-0.39, 0.29) is 5.91 Å². The summed E-state index contributed by atoms with van der Waals surface area (Å²) >= 11 is 0. The van der Waals surface area contributed by atoms with Crippen LogP contribution in [0.15, 0.2) is 18.2 Å². The van der Waals surface area contributed by atoms with Gasteiger partial charge in [0.05, 0.1) is 19.3 Å². The normalized spacial score (nSPS) is 14.3. The first-order valence-electron chi connectivity index (χ1n) is 7.08. The summed E-state index contributed by atoms with van der Waals surface area (Å²) in [5, 5.41) is 2.88. The van der Waals surface area contributed by atoms with Gasteiger partial charge in [0.1, 0.15) is 5.75 Å². The first kappa shape index (κ1) is 14.7. The zero-order valence-electron chi connectivity index (χ0n) is 12.2. The fourth-order valence-corrected chi connectivity index (χ4v) is 2.19. The average molecular weight is 277 g/mol. The lowest BCUT2D eigenvalue weighted by atomic mass is 10.2. The Morgan fingerprint density at radius 3 is 2.85 bits per heavy atom. The molecule has 0 heterocycles.